The third-order valence-corrected chi connectivity index (χ3v) is 8.71. The fourth-order valence-corrected chi connectivity index (χ4v) is 6.89. The van der Waals surface area contributed by atoms with E-state index in [0.29, 0.717) is 23.9 Å². The fraction of sp³-hybridized carbons (Fsp3) is 0.222. The number of hydrogen-bond donors (Lipinski definition) is 0. The Morgan fingerprint density at radius 2 is 0.842 bits per heavy atom. The summed E-state index contributed by atoms with van der Waals surface area (Å²) in [5, 5.41) is 2.73. The van der Waals surface area contributed by atoms with Crippen LogP contribution in [0.2, 0.25) is 0 Å². The SMILES string of the molecule is C[C@@H]1C[C@H](c2ccccc2)n2c1cc1ccccc12.C[C@@H]1C[C@H](c2ccccc2)n2c1cc1ccccc12. The molecule has 0 aliphatic carbocycles. The highest BCUT2D eigenvalue weighted by molar-refractivity contribution is 5.83. The molecule has 8 rings (SSSR count). The number of hydrogen-bond acceptors (Lipinski definition) is 0. The highest BCUT2D eigenvalue weighted by Crippen LogP contribution is 2.44. The molecule has 4 aromatic carbocycles. The molecule has 2 nitrogen and oxygen atoms in total. The predicted molar refractivity (Wildman–Crippen MR) is 159 cm³/mol. The standard InChI is InChI=1S/2C18H17N/c2*1-13-11-18(14-7-3-2-4-8-14)19-16-10-6-5-9-15(16)12-17(13)19/h2*2-10,12-13,18H,11H2,1H3/t2*13-,18-/m11/s1. The first kappa shape index (κ1) is 23.1. The van der Waals surface area contributed by atoms with Gasteiger partial charge in [0.05, 0.1) is 12.1 Å². The van der Waals surface area contributed by atoms with E-state index in [0.717, 1.165) is 0 Å². The zero-order valence-corrected chi connectivity index (χ0v) is 22.2. The Morgan fingerprint density at radius 3 is 1.26 bits per heavy atom. The molecule has 4 atom stereocenters. The number of fused-ring (bicyclic) bond motifs is 6. The molecule has 0 saturated heterocycles. The molecule has 0 bridgehead atoms. The minimum absolute atomic E-state index is 0.492. The molecule has 0 unspecified atom stereocenters. The number of nitrogens with zero attached hydrogens (tertiary/aromatic N) is 2. The molecule has 4 heterocycles. The number of aromatic nitrogens is 2. The van der Waals surface area contributed by atoms with Gasteiger partial charge in [0.25, 0.3) is 0 Å². The Kier molecular flexibility index (Phi) is 5.69. The van der Waals surface area contributed by atoms with Crippen molar-refractivity contribution in [2.24, 2.45) is 0 Å². The van der Waals surface area contributed by atoms with Gasteiger partial charge in [0.2, 0.25) is 0 Å². The minimum atomic E-state index is 0.492. The molecule has 0 spiro atoms. The number of benzene rings is 4. The summed E-state index contributed by atoms with van der Waals surface area (Å²) in [4.78, 5) is 0. The third kappa shape index (κ3) is 3.79. The van der Waals surface area contributed by atoms with E-state index < -0.39 is 0 Å². The van der Waals surface area contributed by atoms with E-state index in [1.807, 2.05) is 0 Å². The summed E-state index contributed by atoms with van der Waals surface area (Å²) in [6.07, 6.45) is 2.42. The van der Waals surface area contributed by atoms with Crippen molar-refractivity contribution < 1.29 is 0 Å². The Hall–Kier alpha value is -4.04. The quantitative estimate of drug-likeness (QED) is 0.227. The van der Waals surface area contributed by atoms with Crippen molar-refractivity contribution >= 4 is 21.8 Å². The smallest absolute Gasteiger partial charge is 0.0595 e. The van der Waals surface area contributed by atoms with Crippen molar-refractivity contribution in [3.63, 3.8) is 0 Å². The predicted octanol–water partition coefficient (Wildman–Crippen LogP) is 9.48. The normalized spacial score (nSPS) is 21.7. The minimum Gasteiger partial charge on any atom is -0.337 e. The molecule has 2 aliphatic rings. The fourth-order valence-electron chi connectivity index (χ4n) is 6.89. The van der Waals surface area contributed by atoms with Crippen molar-refractivity contribution in [1.29, 1.82) is 0 Å². The largest absolute Gasteiger partial charge is 0.337 e. The van der Waals surface area contributed by atoms with Crippen molar-refractivity contribution in [3.05, 3.63) is 144 Å². The van der Waals surface area contributed by atoms with Gasteiger partial charge in [-0.25, -0.2) is 0 Å². The highest BCUT2D eigenvalue weighted by Gasteiger charge is 2.31. The van der Waals surface area contributed by atoms with Gasteiger partial charge in [-0.05, 0) is 70.8 Å². The second kappa shape index (κ2) is 9.36. The average molecular weight is 495 g/mol. The highest BCUT2D eigenvalue weighted by atomic mass is 15.1. The van der Waals surface area contributed by atoms with E-state index in [1.54, 1.807) is 0 Å². The molecule has 0 N–H and O–H groups in total. The maximum atomic E-state index is 2.54. The summed E-state index contributed by atoms with van der Waals surface area (Å²) >= 11 is 0. The van der Waals surface area contributed by atoms with Crippen LogP contribution in [0.4, 0.5) is 0 Å². The molecule has 38 heavy (non-hydrogen) atoms. The van der Waals surface area contributed by atoms with Gasteiger partial charge in [-0.2, -0.15) is 0 Å². The van der Waals surface area contributed by atoms with Crippen LogP contribution in [0.5, 0.6) is 0 Å². The first-order valence-corrected chi connectivity index (χ1v) is 14.0. The Labute approximate surface area is 225 Å². The van der Waals surface area contributed by atoms with Crippen LogP contribution >= 0.6 is 0 Å². The lowest BCUT2D eigenvalue weighted by Gasteiger charge is -2.15. The van der Waals surface area contributed by atoms with Gasteiger partial charge in [0.15, 0.2) is 0 Å². The van der Waals surface area contributed by atoms with Crippen LogP contribution < -0.4 is 0 Å². The van der Waals surface area contributed by atoms with E-state index in [2.05, 4.69) is 144 Å². The maximum Gasteiger partial charge on any atom is 0.0595 e. The molecule has 2 aliphatic heterocycles. The van der Waals surface area contributed by atoms with Crippen molar-refractivity contribution in [2.75, 3.05) is 0 Å². The summed E-state index contributed by atoms with van der Waals surface area (Å²) in [5.74, 6) is 1.27. The van der Waals surface area contributed by atoms with Gasteiger partial charge in [-0.3, -0.25) is 0 Å². The van der Waals surface area contributed by atoms with Gasteiger partial charge < -0.3 is 9.13 Å². The van der Waals surface area contributed by atoms with Crippen molar-refractivity contribution in [1.82, 2.24) is 9.13 Å². The topological polar surface area (TPSA) is 9.86 Å². The Morgan fingerprint density at radius 1 is 0.474 bits per heavy atom. The second-order valence-corrected chi connectivity index (χ2v) is 11.1. The van der Waals surface area contributed by atoms with E-state index in [1.165, 1.54) is 57.2 Å². The average Bonchev–Trinajstić information content (AvgIpc) is 3.71. The molecule has 2 heteroatoms. The molecule has 0 amide bonds. The molecule has 0 saturated carbocycles. The van der Waals surface area contributed by atoms with Crippen LogP contribution in [-0.4, -0.2) is 9.13 Å². The Bertz CT molecular complexity index is 1580. The maximum absolute atomic E-state index is 2.54. The van der Waals surface area contributed by atoms with E-state index >= 15 is 0 Å². The zero-order chi connectivity index (χ0) is 25.6. The zero-order valence-electron chi connectivity index (χ0n) is 22.2. The van der Waals surface area contributed by atoms with Crippen LogP contribution in [0.1, 0.15) is 73.1 Å². The molecule has 6 aromatic rings. The number of para-hydroxylation sites is 2. The molecule has 0 radical (unpaired) electrons. The molecule has 188 valence electrons. The lowest BCUT2D eigenvalue weighted by Crippen LogP contribution is -2.04. The first-order chi connectivity index (χ1) is 18.7. The Balaban J connectivity index is 0.000000127. The van der Waals surface area contributed by atoms with Gasteiger partial charge in [0.1, 0.15) is 0 Å². The summed E-state index contributed by atoms with van der Waals surface area (Å²) in [7, 11) is 0. The molecule has 2 aromatic heterocycles. The lowest BCUT2D eigenvalue weighted by atomic mass is 9.98. The van der Waals surface area contributed by atoms with Crippen LogP contribution in [-0.2, 0) is 0 Å². The lowest BCUT2D eigenvalue weighted by molar-refractivity contribution is 0.609. The van der Waals surface area contributed by atoms with E-state index in [-0.39, 0.29) is 0 Å². The van der Waals surface area contributed by atoms with Crippen LogP contribution in [0.25, 0.3) is 21.8 Å². The molecular formula is C36H34N2. The van der Waals surface area contributed by atoms with E-state index in [4.69, 9.17) is 0 Å². The van der Waals surface area contributed by atoms with Gasteiger partial charge >= 0.3 is 0 Å². The summed E-state index contributed by atoms with van der Waals surface area (Å²) in [6.45, 7) is 4.68. The van der Waals surface area contributed by atoms with Gasteiger partial charge in [-0.15, -0.1) is 0 Å². The van der Waals surface area contributed by atoms with Crippen molar-refractivity contribution in [2.45, 2.75) is 50.6 Å². The first-order valence-electron chi connectivity index (χ1n) is 14.0. The van der Waals surface area contributed by atoms with Crippen LogP contribution in [0, 0.1) is 0 Å². The summed E-state index contributed by atoms with van der Waals surface area (Å²) in [6, 6.07) is 44.9. The van der Waals surface area contributed by atoms with Crippen LogP contribution in [0.3, 0.4) is 0 Å². The summed E-state index contributed by atoms with van der Waals surface area (Å²) in [5.41, 5.74) is 8.56. The van der Waals surface area contributed by atoms with Crippen molar-refractivity contribution in [3.8, 4) is 0 Å². The third-order valence-electron chi connectivity index (χ3n) is 8.71. The second-order valence-electron chi connectivity index (χ2n) is 11.1. The van der Waals surface area contributed by atoms with Gasteiger partial charge in [-0.1, -0.05) is 111 Å². The van der Waals surface area contributed by atoms with Crippen LogP contribution in [0.15, 0.2) is 121 Å². The van der Waals surface area contributed by atoms with E-state index in [9.17, 15) is 0 Å². The number of rotatable bonds is 2. The van der Waals surface area contributed by atoms with Gasteiger partial charge in [0, 0.05) is 22.4 Å². The monoisotopic (exact) mass is 494 g/mol. The molecule has 0 fully saturated rings. The summed E-state index contributed by atoms with van der Waals surface area (Å²) < 4.78 is 5.07. The molecular weight excluding hydrogens is 460 g/mol.